The molecule has 2 heteroatoms. The van der Waals surface area contributed by atoms with E-state index >= 15 is 0 Å². The normalized spacial score (nSPS) is 43.5. The SMILES string of the molecule is CC(C)C1CCC(C)C(F)(P)C1. The highest BCUT2D eigenvalue weighted by molar-refractivity contribution is 7.18. The minimum Gasteiger partial charge on any atom is -0.239 e. The summed E-state index contributed by atoms with van der Waals surface area (Å²) in [6.45, 7) is 6.41. The molecular weight excluding hydrogens is 170 g/mol. The summed E-state index contributed by atoms with van der Waals surface area (Å²) >= 11 is 0. The van der Waals surface area contributed by atoms with E-state index in [2.05, 4.69) is 23.1 Å². The van der Waals surface area contributed by atoms with E-state index in [1.807, 2.05) is 6.92 Å². The first-order valence-corrected chi connectivity index (χ1v) is 5.49. The van der Waals surface area contributed by atoms with Gasteiger partial charge in [0.2, 0.25) is 0 Å². The molecule has 0 N–H and O–H groups in total. The van der Waals surface area contributed by atoms with Crippen molar-refractivity contribution in [3.8, 4) is 0 Å². The average Bonchev–Trinajstić information content (AvgIpc) is 1.94. The Bertz CT molecular complexity index is 154. The molecule has 0 amide bonds. The van der Waals surface area contributed by atoms with Crippen molar-refractivity contribution in [2.75, 3.05) is 0 Å². The Morgan fingerprint density at radius 2 is 2.00 bits per heavy atom. The van der Waals surface area contributed by atoms with E-state index in [-0.39, 0.29) is 5.92 Å². The van der Waals surface area contributed by atoms with Crippen molar-refractivity contribution in [1.82, 2.24) is 0 Å². The summed E-state index contributed by atoms with van der Waals surface area (Å²) in [6.07, 6.45) is 2.98. The molecule has 0 heterocycles. The predicted molar refractivity (Wildman–Crippen MR) is 54.9 cm³/mol. The van der Waals surface area contributed by atoms with Crippen LogP contribution in [-0.4, -0.2) is 5.41 Å². The van der Waals surface area contributed by atoms with Gasteiger partial charge in [-0.25, -0.2) is 4.39 Å². The van der Waals surface area contributed by atoms with E-state index in [9.17, 15) is 4.39 Å². The second-order valence-corrected chi connectivity index (χ2v) is 5.57. The molecule has 0 bridgehead atoms. The van der Waals surface area contributed by atoms with E-state index in [0.717, 1.165) is 12.8 Å². The molecule has 0 aromatic rings. The zero-order valence-electron chi connectivity index (χ0n) is 8.31. The zero-order valence-corrected chi connectivity index (χ0v) is 9.46. The van der Waals surface area contributed by atoms with Gasteiger partial charge in [-0.05, 0) is 37.0 Å². The fourth-order valence-electron chi connectivity index (χ4n) is 1.98. The molecule has 1 aliphatic carbocycles. The van der Waals surface area contributed by atoms with Crippen LogP contribution in [0.5, 0.6) is 0 Å². The van der Waals surface area contributed by atoms with Gasteiger partial charge in [-0.1, -0.05) is 30.0 Å². The molecule has 12 heavy (non-hydrogen) atoms. The molecule has 1 fully saturated rings. The number of rotatable bonds is 1. The maximum atomic E-state index is 13.8. The van der Waals surface area contributed by atoms with Crippen LogP contribution in [0.2, 0.25) is 0 Å². The lowest BCUT2D eigenvalue weighted by Crippen LogP contribution is -2.34. The molecule has 0 aromatic carbocycles. The Balaban J connectivity index is 2.57. The third-order valence-corrected chi connectivity index (χ3v) is 4.11. The topological polar surface area (TPSA) is 0 Å². The van der Waals surface area contributed by atoms with E-state index in [4.69, 9.17) is 0 Å². The van der Waals surface area contributed by atoms with E-state index < -0.39 is 5.41 Å². The maximum Gasteiger partial charge on any atom is 0.126 e. The standard InChI is InChI=1S/C10H20FP/c1-7(2)9-5-4-8(3)10(11,12)6-9/h7-9H,4-6,12H2,1-3H3. The summed E-state index contributed by atoms with van der Waals surface area (Å²) in [5.74, 6) is 1.44. The molecule has 0 aromatic heterocycles. The smallest absolute Gasteiger partial charge is 0.126 e. The number of hydrogen-bond acceptors (Lipinski definition) is 0. The van der Waals surface area contributed by atoms with Gasteiger partial charge in [0.15, 0.2) is 0 Å². The van der Waals surface area contributed by atoms with Crippen molar-refractivity contribution < 1.29 is 4.39 Å². The van der Waals surface area contributed by atoms with Crippen LogP contribution < -0.4 is 0 Å². The monoisotopic (exact) mass is 190 g/mol. The minimum atomic E-state index is -0.993. The van der Waals surface area contributed by atoms with Crippen molar-refractivity contribution in [2.45, 2.75) is 45.4 Å². The van der Waals surface area contributed by atoms with Crippen LogP contribution in [0.1, 0.15) is 40.0 Å². The van der Waals surface area contributed by atoms with Crippen molar-refractivity contribution >= 4 is 9.24 Å². The van der Waals surface area contributed by atoms with Gasteiger partial charge < -0.3 is 0 Å². The fraction of sp³-hybridized carbons (Fsp3) is 1.00. The Kier molecular flexibility index (Phi) is 3.15. The molecule has 1 rings (SSSR count). The van der Waals surface area contributed by atoms with Gasteiger partial charge in [-0.3, -0.25) is 0 Å². The lowest BCUT2D eigenvalue weighted by molar-refractivity contribution is 0.0856. The maximum absolute atomic E-state index is 13.8. The molecule has 72 valence electrons. The van der Waals surface area contributed by atoms with E-state index in [0.29, 0.717) is 11.8 Å². The summed E-state index contributed by atoms with van der Waals surface area (Å²) in [5.41, 5.74) is 0. The third-order valence-electron chi connectivity index (χ3n) is 3.31. The van der Waals surface area contributed by atoms with Gasteiger partial charge in [-0.2, -0.15) is 0 Å². The second-order valence-electron chi connectivity index (χ2n) is 4.61. The number of alkyl halides is 1. The molecule has 0 saturated heterocycles. The van der Waals surface area contributed by atoms with Gasteiger partial charge in [-0.15, -0.1) is 0 Å². The number of hydrogen-bond donors (Lipinski definition) is 0. The van der Waals surface area contributed by atoms with Crippen LogP contribution >= 0.6 is 9.24 Å². The first-order valence-electron chi connectivity index (χ1n) is 4.91. The zero-order chi connectivity index (χ0) is 9.35. The highest BCUT2D eigenvalue weighted by Crippen LogP contribution is 2.46. The molecule has 0 aliphatic heterocycles. The molecule has 1 aliphatic rings. The summed E-state index contributed by atoms with van der Waals surface area (Å²) in [5, 5.41) is -0.993. The Labute approximate surface area is 77.5 Å². The summed E-state index contributed by atoms with van der Waals surface area (Å²) in [4.78, 5) is 0. The molecular formula is C10H20FP. The Morgan fingerprint density at radius 3 is 2.42 bits per heavy atom. The fourth-order valence-corrected chi connectivity index (χ4v) is 2.45. The summed E-state index contributed by atoms with van der Waals surface area (Å²) in [7, 11) is 2.41. The lowest BCUT2D eigenvalue weighted by Gasteiger charge is -2.38. The van der Waals surface area contributed by atoms with Crippen molar-refractivity contribution in [3.63, 3.8) is 0 Å². The van der Waals surface area contributed by atoms with E-state index in [1.54, 1.807) is 0 Å². The molecule has 4 atom stereocenters. The lowest BCUT2D eigenvalue weighted by atomic mass is 9.76. The van der Waals surface area contributed by atoms with Crippen LogP contribution in [-0.2, 0) is 0 Å². The third kappa shape index (κ3) is 2.19. The Hall–Kier alpha value is 0.360. The number of halogens is 1. The van der Waals surface area contributed by atoms with Crippen LogP contribution in [0.15, 0.2) is 0 Å². The molecule has 1 saturated carbocycles. The van der Waals surface area contributed by atoms with Crippen molar-refractivity contribution in [3.05, 3.63) is 0 Å². The van der Waals surface area contributed by atoms with Gasteiger partial charge in [0.05, 0.1) is 0 Å². The molecule has 4 unspecified atom stereocenters. The first kappa shape index (κ1) is 10.4. The first-order chi connectivity index (χ1) is 5.43. The highest BCUT2D eigenvalue weighted by Gasteiger charge is 2.38. The van der Waals surface area contributed by atoms with E-state index in [1.165, 1.54) is 6.42 Å². The molecule has 0 spiro atoms. The Morgan fingerprint density at radius 1 is 1.42 bits per heavy atom. The summed E-state index contributed by atoms with van der Waals surface area (Å²) < 4.78 is 13.8. The molecule has 0 nitrogen and oxygen atoms in total. The van der Waals surface area contributed by atoms with Crippen LogP contribution in [0.4, 0.5) is 4.39 Å². The minimum absolute atomic E-state index is 0.220. The van der Waals surface area contributed by atoms with Crippen molar-refractivity contribution in [2.24, 2.45) is 17.8 Å². The molecule has 0 radical (unpaired) electrons. The van der Waals surface area contributed by atoms with Crippen LogP contribution in [0.3, 0.4) is 0 Å². The van der Waals surface area contributed by atoms with Gasteiger partial charge in [0.25, 0.3) is 0 Å². The predicted octanol–water partition coefficient (Wildman–Crippen LogP) is 3.62. The van der Waals surface area contributed by atoms with Gasteiger partial charge in [0, 0.05) is 0 Å². The van der Waals surface area contributed by atoms with Crippen molar-refractivity contribution in [1.29, 1.82) is 0 Å². The quantitative estimate of drug-likeness (QED) is 0.554. The average molecular weight is 190 g/mol. The second kappa shape index (κ2) is 3.62. The van der Waals surface area contributed by atoms with Gasteiger partial charge in [0.1, 0.15) is 5.41 Å². The highest BCUT2D eigenvalue weighted by atomic mass is 31.0. The summed E-state index contributed by atoms with van der Waals surface area (Å²) in [6, 6.07) is 0. The largest absolute Gasteiger partial charge is 0.239 e. The van der Waals surface area contributed by atoms with Crippen LogP contribution in [0.25, 0.3) is 0 Å². The van der Waals surface area contributed by atoms with Gasteiger partial charge >= 0.3 is 0 Å². The van der Waals surface area contributed by atoms with Crippen LogP contribution in [0, 0.1) is 17.8 Å².